The van der Waals surface area contributed by atoms with Crippen LogP contribution in [0.1, 0.15) is 42.2 Å². The number of rotatable bonds is 4. The van der Waals surface area contributed by atoms with E-state index in [1.807, 2.05) is 58.5 Å². The zero-order chi connectivity index (χ0) is 20.4. The Morgan fingerprint density at radius 1 is 1.21 bits per heavy atom. The molecular weight excluding hydrogens is 384 g/mol. The average molecular weight is 413 g/mol. The van der Waals surface area contributed by atoms with Gasteiger partial charge in [0.05, 0.1) is 12.0 Å². The van der Waals surface area contributed by atoms with E-state index in [4.69, 9.17) is 0 Å². The number of piperidine rings is 2. The molecule has 29 heavy (non-hydrogen) atoms. The molecule has 5 nitrogen and oxygen atoms in total. The standard InChI is InChI=1S/C23H28N2O3S/c1-16-6-8-18(9-7-16)25-21(27)11-10-19(22(25)20-5-3-13-29-20)23(28)24-12-2-4-17(14-24)15-26/h3,5-9,13,17,19,22,26H,2,4,10-12,14-15H2,1H3. The van der Waals surface area contributed by atoms with Crippen LogP contribution in [0.25, 0.3) is 0 Å². The zero-order valence-electron chi connectivity index (χ0n) is 16.8. The van der Waals surface area contributed by atoms with Crippen LogP contribution < -0.4 is 4.90 Å². The predicted molar refractivity (Wildman–Crippen MR) is 115 cm³/mol. The number of carbonyl (C=O) groups excluding carboxylic acids is 2. The number of aliphatic hydroxyl groups excluding tert-OH is 1. The van der Waals surface area contributed by atoms with E-state index in [0.717, 1.165) is 35.5 Å². The fourth-order valence-corrected chi connectivity index (χ4v) is 5.48. The quantitative estimate of drug-likeness (QED) is 0.832. The minimum atomic E-state index is -0.277. The van der Waals surface area contributed by atoms with Crippen molar-refractivity contribution in [3.05, 3.63) is 52.2 Å². The highest BCUT2D eigenvalue weighted by Crippen LogP contribution is 2.42. The summed E-state index contributed by atoms with van der Waals surface area (Å²) in [7, 11) is 0. The summed E-state index contributed by atoms with van der Waals surface area (Å²) < 4.78 is 0. The minimum Gasteiger partial charge on any atom is -0.396 e. The maximum atomic E-state index is 13.6. The molecule has 3 unspecified atom stereocenters. The van der Waals surface area contributed by atoms with E-state index in [9.17, 15) is 14.7 Å². The van der Waals surface area contributed by atoms with Gasteiger partial charge in [0.2, 0.25) is 11.8 Å². The zero-order valence-corrected chi connectivity index (χ0v) is 17.6. The van der Waals surface area contributed by atoms with Crippen LogP contribution in [-0.4, -0.2) is 41.5 Å². The second kappa shape index (κ2) is 8.67. The molecule has 3 heterocycles. The maximum absolute atomic E-state index is 13.6. The maximum Gasteiger partial charge on any atom is 0.228 e. The lowest BCUT2D eigenvalue weighted by Gasteiger charge is -2.43. The smallest absolute Gasteiger partial charge is 0.228 e. The fourth-order valence-electron chi connectivity index (χ4n) is 4.59. The molecule has 0 aliphatic carbocycles. The summed E-state index contributed by atoms with van der Waals surface area (Å²) in [6, 6.07) is 11.7. The lowest BCUT2D eigenvalue weighted by molar-refractivity contribution is -0.140. The van der Waals surface area contributed by atoms with E-state index in [0.29, 0.717) is 19.4 Å². The number of aliphatic hydroxyl groups is 1. The second-order valence-electron chi connectivity index (χ2n) is 8.18. The molecule has 1 aromatic heterocycles. The Morgan fingerprint density at radius 2 is 2.00 bits per heavy atom. The van der Waals surface area contributed by atoms with Gasteiger partial charge in [-0.2, -0.15) is 0 Å². The molecule has 2 aliphatic heterocycles. The van der Waals surface area contributed by atoms with Gasteiger partial charge in [-0.05, 0) is 55.7 Å². The highest BCUT2D eigenvalue weighted by atomic mass is 32.1. The van der Waals surface area contributed by atoms with Crippen molar-refractivity contribution in [1.82, 2.24) is 4.90 Å². The van der Waals surface area contributed by atoms with Crippen molar-refractivity contribution < 1.29 is 14.7 Å². The molecule has 0 bridgehead atoms. The number of aryl methyl sites for hydroxylation is 1. The van der Waals surface area contributed by atoms with Crippen LogP contribution in [0.3, 0.4) is 0 Å². The lowest BCUT2D eigenvalue weighted by atomic mass is 9.85. The third-order valence-corrected chi connectivity index (χ3v) is 7.09. The van der Waals surface area contributed by atoms with Gasteiger partial charge in [-0.25, -0.2) is 0 Å². The normalized spacial score (nSPS) is 25.3. The summed E-state index contributed by atoms with van der Waals surface area (Å²) in [6.07, 6.45) is 2.84. The Morgan fingerprint density at radius 3 is 2.69 bits per heavy atom. The predicted octanol–water partition coefficient (Wildman–Crippen LogP) is 3.77. The summed E-state index contributed by atoms with van der Waals surface area (Å²) in [5, 5.41) is 11.6. The molecule has 2 aliphatic rings. The molecule has 0 spiro atoms. The first kappa shape index (κ1) is 20.1. The fraction of sp³-hybridized carbons (Fsp3) is 0.478. The van der Waals surface area contributed by atoms with Crippen molar-refractivity contribution in [2.75, 3.05) is 24.6 Å². The molecule has 3 atom stereocenters. The molecule has 0 saturated carbocycles. The first-order valence-electron chi connectivity index (χ1n) is 10.4. The number of nitrogens with zero attached hydrogens (tertiary/aromatic N) is 2. The number of benzene rings is 1. The second-order valence-corrected chi connectivity index (χ2v) is 9.16. The number of hydrogen-bond donors (Lipinski definition) is 1. The highest BCUT2D eigenvalue weighted by Gasteiger charge is 2.43. The summed E-state index contributed by atoms with van der Waals surface area (Å²) in [5.74, 6) is 0.0887. The van der Waals surface area contributed by atoms with Crippen molar-refractivity contribution in [3.63, 3.8) is 0 Å². The molecule has 6 heteroatoms. The van der Waals surface area contributed by atoms with Gasteiger partial charge in [0.25, 0.3) is 0 Å². The number of thiophene rings is 1. The van der Waals surface area contributed by atoms with Crippen LogP contribution in [0.15, 0.2) is 41.8 Å². The SMILES string of the molecule is Cc1ccc(N2C(=O)CCC(C(=O)N3CCCC(CO)C3)C2c2cccs2)cc1. The molecule has 2 saturated heterocycles. The highest BCUT2D eigenvalue weighted by molar-refractivity contribution is 7.10. The van der Waals surface area contributed by atoms with E-state index in [1.54, 1.807) is 11.3 Å². The van der Waals surface area contributed by atoms with Gasteiger partial charge >= 0.3 is 0 Å². The Hall–Kier alpha value is -2.18. The topological polar surface area (TPSA) is 60.9 Å². The number of likely N-dealkylation sites (tertiary alicyclic amines) is 1. The van der Waals surface area contributed by atoms with Crippen LogP contribution in [0.2, 0.25) is 0 Å². The number of amides is 2. The van der Waals surface area contributed by atoms with Gasteiger partial charge in [0.1, 0.15) is 0 Å². The van der Waals surface area contributed by atoms with Gasteiger partial charge in [0, 0.05) is 36.7 Å². The van der Waals surface area contributed by atoms with Crippen LogP contribution in [0, 0.1) is 18.8 Å². The van der Waals surface area contributed by atoms with E-state index in [-0.39, 0.29) is 36.3 Å². The van der Waals surface area contributed by atoms with Gasteiger partial charge < -0.3 is 14.9 Å². The Bertz CT molecular complexity index is 850. The van der Waals surface area contributed by atoms with Gasteiger partial charge in [0.15, 0.2) is 0 Å². The van der Waals surface area contributed by atoms with E-state index >= 15 is 0 Å². The number of carbonyl (C=O) groups is 2. The Balaban J connectivity index is 1.68. The number of hydrogen-bond acceptors (Lipinski definition) is 4. The first-order valence-corrected chi connectivity index (χ1v) is 11.3. The summed E-state index contributed by atoms with van der Waals surface area (Å²) >= 11 is 1.60. The van der Waals surface area contributed by atoms with Gasteiger partial charge in [-0.1, -0.05) is 23.8 Å². The molecule has 1 aromatic carbocycles. The molecule has 4 rings (SSSR count). The third kappa shape index (κ3) is 4.09. The molecule has 2 fully saturated rings. The summed E-state index contributed by atoms with van der Waals surface area (Å²) in [4.78, 5) is 31.4. The van der Waals surface area contributed by atoms with E-state index in [1.165, 1.54) is 0 Å². The molecule has 154 valence electrons. The molecule has 2 amide bonds. The Labute approximate surface area is 175 Å². The van der Waals surface area contributed by atoms with Gasteiger partial charge in [-0.15, -0.1) is 11.3 Å². The van der Waals surface area contributed by atoms with Crippen LogP contribution in [-0.2, 0) is 9.59 Å². The van der Waals surface area contributed by atoms with E-state index in [2.05, 4.69) is 0 Å². The minimum absolute atomic E-state index is 0.0724. The monoisotopic (exact) mass is 412 g/mol. The van der Waals surface area contributed by atoms with Crippen LogP contribution in [0.4, 0.5) is 5.69 Å². The Kier molecular flexibility index (Phi) is 6.01. The molecule has 1 N–H and O–H groups in total. The number of anilines is 1. The van der Waals surface area contributed by atoms with Crippen molar-refractivity contribution >= 4 is 28.8 Å². The van der Waals surface area contributed by atoms with Crippen molar-refractivity contribution in [3.8, 4) is 0 Å². The molecular formula is C23H28N2O3S. The molecule has 2 aromatic rings. The van der Waals surface area contributed by atoms with Gasteiger partial charge in [-0.3, -0.25) is 9.59 Å². The molecule has 0 radical (unpaired) electrons. The summed E-state index contributed by atoms with van der Waals surface area (Å²) in [5.41, 5.74) is 1.99. The van der Waals surface area contributed by atoms with Crippen LogP contribution >= 0.6 is 11.3 Å². The first-order chi connectivity index (χ1) is 14.1. The van der Waals surface area contributed by atoms with Crippen molar-refractivity contribution in [1.29, 1.82) is 0 Å². The lowest BCUT2D eigenvalue weighted by Crippen LogP contribution is -2.51. The van der Waals surface area contributed by atoms with Crippen molar-refractivity contribution in [2.24, 2.45) is 11.8 Å². The average Bonchev–Trinajstić information content (AvgIpc) is 3.28. The largest absolute Gasteiger partial charge is 0.396 e. The third-order valence-electron chi connectivity index (χ3n) is 6.15. The van der Waals surface area contributed by atoms with Crippen molar-refractivity contribution in [2.45, 2.75) is 38.6 Å². The summed E-state index contributed by atoms with van der Waals surface area (Å²) in [6.45, 7) is 3.50. The van der Waals surface area contributed by atoms with E-state index < -0.39 is 0 Å². The van der Waals surface area contributed by atoms with Crippen LogP contribution in [0.5, 0.6) is 0 Å².